The van der Waals surface area contributed by atoms with Gasteiger partial charge in [-0.1, -0.05) is 0 Å². The smallest absolute Gasteiger partial charge is 0.413 e. The molecule has 2 heterocycles. The van der Waals surface area contributed by atoms with Gasteiger partial charge in [0.2, 0.25) is 0 Å². The van der Waals surface area contributed by atoms with Crippen LogP contribution < -0.4 is 10.1 Å². The number of carboxylic acid groups (broad SMARTS) is 1. The number of hydrogen-bond donors (Lipinski definition) is 3. The molecule has 0 spiro atoms. The third-order valence-corrected chi connectivity index (χ3v) is 5.45. The van der Waals surface area contributed by atoms with Crippen LogP contribution >= 0.6 is 0 Å². The highest BCUT2D eigenvalue weighted by atomic mass is 16.6. The average Bonchev–Trinajstić information content (AvgIpc) is 3.47. The molecule has 26 heavy (non-hydrogen) atoms. The Bertz CT molecular complexity index is 974. The van der Waals surface area contributed by atoms with E-state index in [0.717, 1.165) is 0 Å². The van der Waals surface area contributed by atoms with Crippen LogP contribution in [0.1, 0.15) is 23.5 Å². The van der Waals surface area contributed by atoms with Crippen molar-refractivity contribution in [3.63, 3.8) is 0 Å². The van der Waals surface area contributed by atoms with Crippen molar-refractivity contribution in [3.8, 4) is 17.2 Å². The van der Waals surface area contributed by atoms with E-state index in [1.165, 1.54) is 12.3 Å². The van der Waals surface area contributed by atoms with Crippen LogP contribution in [0.25, 0.3) is 0 Å². The lowest BCUT2D eigenvalue weighted by Crippen LogP contribution is -2.21. The number of fused-ring (bicyclic) bond motifs is 2. The third-order valence-electron chi connectivity index (χ3n) is 5.45. The molecule has 1 aliphatic heterocycles. The van der Waals surface area contributed by atoms with E-state index in [4.69, 9.17) is 9.47 Å². The molecule has 2 aliphatic carbocycles. The molecular formula is C18H14N2O6. The van der Waals surface area contributed by atoms with Gasteiger partial charge < -0.3 is 19.7 Å². The molecule has 2 saturated carbocycles. The number of benzene rings is 1. The topological polar surface area (TPSA) is 118 Å². The number of pyridine rings is 1. The quantitative estimate of drug-likeness (QED) is 0.772. The number of carboxylic acids is 1. The van der Waals surface area contributed by atoms with E-state index in [0.29, 0.717) is 34.9 Å². The Morgan fingerprint density at radius 1 is 1.38 bits per heavy atom. The molecule has 1 aromatic heterocycles. The number of phenols is 1. The number of aromatic hydroxyl groups is 1. The predicted molar refractivity (Wildman–Crippen MR) is 87.1 cm³/mol. The minimum Gasteiger partial charge on any atom is -0.508 e. The van der Waals surface area contributed by atoms with Crippen molar-refractivity contribution >= 4 is 17.9 Å². The fourth-order valence-corrected chi connectivity index (χ4v) is 3.84. The van der Waals surface area contributed by atoms with Crippen molar-refractivity contribution < 1.29 is 29.3 Å². The Morgan fingerprint density at radius 2 is 2.23 bits per heavy atom. The number of carbonyl (C=O) groups excluding carboxylic acids is 1. The summed E-state index contributed by atoms with van der Waals surface area (Å²) in [6.45, 7) is 0.0438. The molecule has 0 unspecified atom stereocenters. The minimum atomic E-state index is -0.811. The molecule has 3 atom stereocenters. The largest absolute Gasteiger partial charge is 0.508 e. The fourth-order valence-electron chi connectivity index (χ4n) is 3.84. The van der Waals surface area contributed by atoms with Crippen LogP contribution in [0.3, 0.4) is 0 Å². The molecule has 8 heteroatoms. The minimum absolute atomic E-state index is 0.0438. The maximum Gasteiger partial charge on any atom is 0.413 e. The van der Waals surface area contributed by atoms with Gasteiger partial charge >= 0.3 is 12.1 Å². The van der Waals surface area contributed by atoms with E-state index in [9.17, 15) is 19.8 Å². The molecule has 0 bridgehead atoms. The molecule has 2 fully saturated rings. The average molecular weight is 354 g/mol. The van der Waals surface area contributed by atoms with E-state index < -0.39 is 17.5 Å². The van der Waals surface area contributed by atoms with E-state index in [1.807, 2.05) is 0 Å². The number of anilines is 1. The van der Waals surface area contributed by atoms with Crippen molar-refractivity contribution in [3.05, 3.63) is 41.6 Å². The van der Waals surface area contributed by atoms with E-state index in [-0.39, 0.29) is 24.2 Å². The first kappa shape index (κ1) is 15.0. The Labute approximate surface area is 147 Å². The van der Waals surface area contributed by atoms with Crippen LogP contribution in [0.5, 0.6) is 17.2 Å². The van der Waals surface area contributed by atoms with Gasteiger partial charge in [-0.05, 0) is 36.6 Å². The number of aliphatic carboxylic acids is 1. The van der Waals surface area contributed by atoms with Gasteiger partial charge in [0.15, 0.2) is 0 Å². The van der Waals surface area contributed by atoms with E-state index >= 15 is 0 Å². The second-order valence-electron chi connectivity index (χ2n) is 6.79. The molecule has 2 aromatic rings. The molecule has 1 aromatic carbocycles. The number of nitrogens with one attached hydrogen (secondary N) is 1. The highest BCUT2D eigenvalue weighted by molar-refractivity contribution is 5.87. The number of phenolic OH excluding ortho intramolecular Hbond substituents is 1. The van der Waals surface area contributed by atoms with Gasteiger partial charge in [0.05, 0.1) is 11.0 Å². The molecule has 3 N–H and O–H groups in total. The first-order valence-corrected chi connectivity index (χ1v) is 8.16. The van der Waals surface area contributed by atoms with Crippen LogP contribution in [0, 0.1) is 11.3 Å². The number of hydrogen-bond acceptors (Lipinski definition) is 6. The first-order valence-electron chi connectivity index (χ1n) is 8.16. The van der Waals surface area contributed by atoms with Crippen molar-refractivity contribution in [1.29, 1.82) is 0 Å². The van der Waals surface area contributed by atoms with E-state index in [2.05, 4.69) is 10.3 Å². The van der Waals surface area contributed by atoms with Crippen LogP contribution in [-0.2, 0) is 16.1 Å². The lowest BCUT2D eigenvalue weighted by atomic mass is 9.96. The van der Waals surface area contributed by atoms with E-state index in [1.54, 1.807) is 18.2 Å². The van der Waals surface area contributed by atoms with Crippen molar-refractivity contribution in [2.45, 2.75) is 18.9 Å². The maximum absolute atomic E-state index is 11.4. The van der Waals surface area contributed by atoms with Gasteiger partial charge in [0.25, 0.3) is 0 Å². The maximum atomic E-state index is 11.4. The van der Waals surface area contributed by atoms with Crippen molar-refractivity contribution in [2.75, 3.05) is 5.32 Å². The zero-order valence-electron chi connectivity index (χ0n) is 13.4. The van der Waals surface area contributed by atoms with Gasteiger partial charge in [-0.25, -0.2) is 9.78 Å². The Morgan fingerprint density at radius 3 is 2.96 bits per heavy atom. The number of nitrogens with zero attached hydrogens (tertiary/aromatic N) is 1. The predicted octanol–water partition coefficient (Wildman–Crippen LogP) is 2.83. The van der Waals surface area contributed by atoms with Gasteiger partial charge in [0.1, 0.15) is 29.7 Å². The number of cyclic esters (lactones) is 1. The zero-order chi connectivity index (χ0) is 18.1. The molecule has 0 saturated heterocycles. The lowest BCUT2D eigenvalue weighted by molar-refractivity contribution is -0.141. The first-order chi connectivity index (χ1) is 12.5. The Balaban J connectivity index is 1.45. The summed E-state index contributed by atoms with van der Waals surface area (Å²) in [4.78, 5) is 26.8. The summed E-state index contributed by atoms with van der Waals surface area (Å²) in [5, 5.41) is 22.0. The number of rotatable bonds is 4. The normalized spacial score (nSPS) is 27.5. The summed E-state index contributed by atoms with van der Waals surface area (Å²) in [6.07, 6.45) is 1.60. The molecule has 0 radical (unpaired) electrons. The highest BCUT2D eigenvalue weighted by Crippen LogP contribution is 2.85. The number of amides is 1. The molecule has 3 aliphatic rings. The summed E-state index contributed by atoms with van der Waals surface area (Å²) in [7, 11) is 0. The zero-order valence-corrected chi connectivity index (χ0v) is 13.4. The third kappa shape index (κ3) is 1.98. The summed E-state index contributed by atoms with van der Waals surface area (Å²) in [5.41, 5.74) is 0.496. The molecule has 8 nitrogen and oxygen atoms in total. The van der Waals surface area contributed by atoms with Gasteiger partial charge in [-0.2, -0.15) is 0 Å². The van der Waals surface area contributed by atoms with Crippen LogP contribution in [0.4, 0.5) is 10.6 Å². The Kier molecular flexibility index (Phi) is 2.81. The highest BCUT2D eigenvalue weighted by Gasteiger charge is 2.84. The van der Waals surface area contributed by atoms with Crippen molar-refractivity contribution in [2.24, 2.45) is 11.3 Å². The van der Waals surface area contributed by atoms with Gasteiger partial charge in [-0.15, -0.1) is 0 Å². The van der Waals surface area contributed by atoms with Crippen LogP contribution in [0.2, 0.25) is 0 Å². The van der Waals surface area contributed by atoms with Crippen LogP contribution in [-0.4, -0.2) is 27.3 Å². The summed E-state index contributed by atoms with van der Waals surface area (Å²) in [5.74, 6) is 0.509. The second-order valence-corrected chi connectivity index (χ2v) is 6.79. The van der Waals surface area contributed by atoms with Crippen LogP contribution in [0.15, 0.2) is 30.5 Å². The standard InChI is InChI=1S/C18H14N2O6/c21-12-2-1-8(5-9(12)14-11-6-18(11,14)16(22)23)26-13-3-4-19-15-10(13)7-25-17(24)20-15/h1-5,11,14,21H,6-7H2,(H,22,23)(H,19,20,24)/t11-,14+,18-/m0/s1. The lowest BCUT2D eigenvalue weighted by Gasteiger charge is -2.19. The number of aromatic nitrogens is 1. The summed E-state index contributed by atoms with van der Waals surface area (Å²) in [6, 6.07) is 6.44. The summed E-state index contributed by atoms with van der Waals surface area (Å²) >= 11 is 0. The molecule has 1 amide bonds. The Hall–Kier alpha value is -3.29. The van der Waals surface area contributed by atoms with Gasteiger partial charge in [-0.3, -0.25) is 10.1 Å². The molecular weight excluding hydrogens is 340 g/mol. The second kappa shape index (κ2) is 4.87. The molecule has 132 valence electrons. The number of ether oxygens (including phenoxy) is 2. The summed E-state index contributed by atoms with van der Waals surface area (Å²) < 4.78 is 10.9. The fraction of sp³-hybridized carbons (Fsp3) is 0.278. The van der Waals surface area contributed by atoms with Crippen molar-refractivity contribution in [1.82, 2.24) is 4.98 Å². The molecule has 5 rings (SSSR count). The monoisotopic (exact) mass is 354 g/mol. The SMILES string of the molecule is O=C1Nc2nccc(Oc3ccc(O)c([C@@H]4[C@@H]5C[C@@]45C(=O)O)c3)c2CO1. The number of carbonyl (C=O) groups is 2. The van der Waals surface area contributed by atoms with Gasteiger partial charge in [0, 0.05) is 17.7 Å².